The predicted octanol–water partition coefficient (Wildman–Crippen LogP) is -0.826. The second-order valence-electron chi connectivity index (χ2n) is 2.54. The molecule has 0 atom stereocenters. The molecule has 0 saturated carbocycles. The van der Waals surface area contributed by atoms with Crippen molar-refractivity contribution in [2.24, 2.45) is 5.73 Å². The number of hydrogen-bond acceptors (Lipinski definition) is 2. The summed E-state index contributed by atoms with van der Waals surface area (Å²) in [4.78, 5) is 1.84. The van der Waals surface area contributed by atoms with Crippen molar-refractivity contribution < 1.29 is 0 Å². The number of rotatable bonds is 2. The van der Waals surface area contributed by atoms with Gasteiger partial charge in [-0.15, -0.1) is 0 Å². The molecule has 0 aromatic carbocycles. The molecule has 4 nitrogen and oxygen atoms in total. The van der Waals surface area contributed by atoms with Crippen molar-refractivity contribution in [1.29, 1.82) is 5.41 Å². The summed E-state index contributed by atoms with van der Waals surface area (Å²) in [5.41, 5.74) is 5.24. The molecule has 4 heteroatoms. The van der Waals surface area contributed by atoms with Gasteiger partial charge in [-0.3, -0.25) is 5.41 Å². The second kappa shape index (κ2) is 2.88. The van der Waals surface area contributed by atoms with Crippen LogP contribution in [0.3, 0.4) is 0 Å². The van der Waals surface area contributed by atoms with Crippen LogP contribution in [0.25, 0.3) is 0 Å². The molecule has 1 aliphatic rings. The quantitative estimate of drug-likeness (QED) is 0.348. The van der Waals surface area contributed by atoms with E-state index in [0.29, 0.717) is 6.04 Å². The van der Waals surface area contributed by atoms with E-state index >= 15 is 0 Å². The van der Waals surface area contributed by atoms with Crippen molar-refractivity contribution in [3.63, 3.8) is 0 Å². The van der Waals surface area contributed by atoms with Gasteiger partial charge in [0, 0.05) is 19.1 Å². The van der Waals surface area contributed by atoms with Crippen LogP contribution in [0.5, 0.6) is 0 Å². The first-order valence-electron chi connectivity index (χ1n) is 3.56. The summed E-state index contributed by atoms with van der Waals surface area (Å²) in [6.45, 7) is 4.86. The Labute approximate surface area is 60.9 Å². The second-order valence-corrected chi connectivity index (χ2v) is 2.54. The van der Waals surface area contributed by atoms with Gasteiger partial charge in [-0.2, -0.15) is 0 Å². The van der Waals surface area contributed by atoms with Crippen LogP contribution < -0.4 is 11.1 Å². The van der Waals surface area contributed by atoms with Crippen molar-refractivity contribution in [3.05, 3.63) is 0 Å². The molecule has 0 radical (unpaired) electrons. The average Bonchev–Trinajstić information content (AvgIpc) is 1.76. The van der Waals surface area contributed by atoms with Gasteiger partial charge in [-0.1, -0.05) is 6.92 Å². The smallest absolute Gasteiger partial charge is 0.188 e. The van der Waals surface area contributed by atoms with Gasteiger partial charge in [0.2, 0.25) is 0 Å². The van der Waals surface area contributed by atoms with Crippen LogP contribution in [0.15, 0.2) is 0 Å². The molecule has 0 aromatic rings. The summed E-state index contributed by atoms with van der Waals surface area (Å²) in [6, 6.07) is 0.550. The number of hydrogen-bond donors (Lipinski definition) is 3. The number of nitrogens with zero attached hydrogens (tertiary/aromatic N) is 1. The zero-order valence-electron chi connectivity index (χ0n) is 6.22. The third kappa shape index (κ3) is 1.39. The van der Waals surface area contributed by atoms with E-state index in [1.807, 2.05) is 4.90 Å². The van der Waals surface area contributed by atoms with Gasteiger partial charge in [-0.05, 0) is 6.54 Å². The third-order valence-electron chi connectivity index (χ3n) is 1.72. The van der Waals surface area contributed by atoms with Gasteiger partial charge in [0.15, 0.2) is 5.96 Å². The molecule has 4 N–H and O–H groups in total. The predicted molar refractivity (Wildman–Crippen MR) is 41.0 cm³/mol. The standard InChI is InChI=1S/C6H14N4/c1-2-9-5-3-10(4-5)6(7)8/h5,9H,2-4H2,1H3,(H3,7,8). The van der Waals surface area contributed by atoms with Crippen LogP contribution in [0, 0.1) is 5.41 Å². The van der Waals surface area contributed by atoms with E-state index in [-0.39, 0.29) is 5.96 Å². The maximum absolute atomic E-state index is 7.05. The Hall–Kier alpha value is -0.770. The van der Waals surface area contributed by atoms with E-state index in [4.69, 9.17) is 11.1 Å². The van der Waals surface area contributed by atoms with E-state index in [9.17, 15) is 0 Å². The lowest BCUT2D eigenvalue weighted by atomic mass is 10.1. The molecule has 1 heterocycles. The summed E-state index contributed by atoms with van der Waals surface area (Å²) in [7, 11) is 0. The lowest BCUT2D eigenvalue weighted by Crippen LogP contribution is -2.61. The van der Waals surface area contributed by atoms with Crippen molar-refractivity contribution in [2.75, 3.05) is 19.6 Å². The van der Waals surface area contributed by atoms with E-state index in [0.717, 1.165) is 19.6 Å². The fraction of sp³-hybridized carbons (Fsp3) is 0.833. The van der Waals surface area contributed by atoms with Gasteiger partial charge in [-0.25, -0.2) is 0 Å². The topological polar surface area (TPSA) is 65.1 Å². The molecule has 0 amide bonds. The Morgan fingerprint density at radius 3 is 2.80 bits per heavy atom. The van der Waals surface area contributed by atoms with Crippen LogP contribution >= 0.6 is 0 Å². The van der Waals surface area contributed by atoms with E-state index < -0.39 is 0 Å². The van der Waals surface area contributed by atoms with Crippen molar-refractivity contribution in [1.82, 2.24) is 10.2 Å². The van der Waals surface area contributed by atoms with Gasteiger partial charge in [0.25, 0.3) is 0 Å². The number of likely N-dealkylation sites (N-methyl/N-ethyl adjacent to an activating group) is 1. The Morgan fingerprint density at radius 2 is 2.40 bits per heavy atom. The Morgan fingerprint density at radius 1 is 1.80 bits per heavy atom. The highest BCUT2D eigenvalue weighted by molar-refractivity contribution is 5.75. The van der Waals surface area contributed by atoms with E-state index in [2.05, 4.69) is 12.2 Å². The Balaban J connectivity index is 2.12. The molecule has 1 fully saturated rings. The molecule has 58 valence electrons. The van der Waals surface area contributed by atoms with Gasteiger partial charge >= 0.3 is 0 Å². The van der Waals surface area contributed by atoms with Crippen molar-refractivity contribution >= 4 is 5.96 Å². The molecule has 0 aliphatic carbocycles. The largest absolute Gasteiger partial charge is 0.370 e. The Bertz CT molecular complexity index is 128. The summed E-state index contributed by atoms with van der Waals surface area (Å²) >= 11 is 0. The lowest BCUT2D eigenvalue weighted by molar-refractivity contribution is 0.215. The van der Waals surface area contributed by atoms with Crippen LogP contribution in [0.2, 0.25) is 0 Å². The van der Waals surface area contributed by atoms with Crippen LogP contribution in [-0.4, -0.2) is 36.5 Å². The summed E-state index contributed by atoms with van der Waals surface area (Å²) in [5, 5.41) is 10.3. The minimum Gasteiger partial charge on any atom is -0.370 e. The summed E-state index contributed by atoms with van der Waals surface area (Å²) in [6.07, 6.45) is 0. The first-order valence-corrected chi connectivity index (χ1v) is 3.56. The normalized spacial score (nSPS) is 18.7. The zero-order chi connectivity index (χ0) is 7.56. The van der Waals surface area contributed by atoms with Crippen LogP contribution in [-0.2, 0) is 0 Å². The third-order valence-corrected chi connectivity index (χ3v) is 1.72. The molecule has 1 saturated heterocycles. The minimum atomic E-state index is 0.189. The summed E-state index contributed by atoms with van der Waals surface area (Å²) in [5.74, 6) is 0.189. The SMILES string of the molecule is CCNC1CN(C(=N)N)C1. The van der Waals surface area contributed by atoms with E-state index in [1.54, 1.807) is 0 Å². The Kier molecular flexibility index (Phi) is 2.11. The molecular weight excluding hydrogens is 128 g/mol. The van der Waals surface area contributed by atoms with Crippen LogP contribution in [0.4, 0.5) is 0 Å². The van der Waals surface area contributed by atoms with Gasteiger partial charge in [0.1, 0.15) is 0 Å². The fourth-order valence-electron chi connectivity index (χ4n) is 1.09. The zero-order valence-corrected chi connectivity index (χ0v) is 6.22. The maximum Gasteiger partial charge on any atom is 0.188 e. The van der Waals surface area contributed by atoms with Crippen molar-refractivity contribution in [2.45, 2.75) is 13.0 Å². The van der Waals surface area contributed by atoms with Gasteiger partial charge < -0.3 is 16.0 Å². The highest BCUT2D eigenvalue weighted by atomic mass is 15.3. The number of guanidine groups is 1. The molecule has 0 spiro atoms. The molecular formula is C6H14N4. The highest BCUT2D eigenvalue weighted by Crippen LogP contribution is 2.04. The number of likely N-dealkylation sites (tertiary alicyclic amines) is 1. The summed E-state index contributed by atoms with van der Waals surface area (Å²) < 4.78 is 0. The average molecular weight is 142 g/mol. The van der Waals surface area contributed by atoms with Crippen molar-refractivity contribution in [3.8, 4) is 0 Å². The maximum atomic E-state index is 7.05. The molecule has 1 rings (SSSR count). The van der Waals surface area contributed by atoms with Crippen LogP contribution in [0.1, 0.15) is 6.92 Å². The van der Waals surface area contributed by atoms with E-state index in [1.165, 1.54) is 0 Å². The number of nitrogens with two attached hydrogens (primary N) is 1. The number of nitrogens with one attached hydrogen (secondary N) is 2. The molecule has 10 heavy (non-hydrogen) atoms. The molecule has 0 bridgehead atoms. The first-order chi connectivity index (χ1) is 4.74. The lowest BCUT2D eigenvalue weighted by Gasteiger charge is -2.39. The minimum absolute atomic E-state index is 0.189. The van der Waals surface area contributed by atoms with Gasteiger partial charge in [0.05, 0.1) is 0 Å². The first kappa shape index (κ1) is 7.34. The fourth-order valence-corrected chi connectivity index (χ4v) is 1.09. The molecule has 0 unspecified atom stereocenters. The highest BCUT2D eigenvalue weighted by Gasteiger charge is 2.25. The molecule has 0 aromatic heterocycles. The molecule has 1 aliphatic heterocycles. The monoisotopic (exact) mass is 142 g/mol.